The Morgan fingerprint density at radius 2 is 0.472 bits per heavy atom. The molecule has 0 fully saturated rings. The maximum atomic E-state index is 6.90. The molecule has 0 N–H and O–H groups in total. The predicted octanol–water partition coefficient (Wildman–Crippen LogP) is 6.45. The van der Waals surface area contributed by atoms with Crippen LogP contribution in [0, 0.1) is 0 Å². The van der Waals surface area contributed by atoms with Gasteiger partial charge in [0.25, 0.3) is 0 Å². The van der Waals surface area contributed by atoms with Crippen LogP contribution in [-0.4, -0.2) is 47.1 Å². The number of hydrogen-bond donors (Lipinski definition) is 0. The Kier molecular flexibility index (Phi) is 10.8. The van der Waals surface area contributed by atoms with E-state index in [0.29, 0.717) is 72.2 Å². The van der Waals surface area contributed by atoms with Crippen LogP contribution in [0.3, 0.4) is 0 Å². The molecule has 13 rings (SSSR count). The molecule has 0 saturated carbocycles. The largest absolute Gasteiger partial charge is 0.456 e. The van der Waals surface area contributed by atoms with E-state index in [1.165, 1.54) is 0 Å². The molecule has 0 atom stereocenters. The maximum Gasteiger partial charge on any atom is 0.230 e. The van der Waals surface area contributed by atoms with Crippen LogP contribution in [0.4, 0.5) is 0 Å². The first-order chi connectivity index (χ1) is 35.4. The SMILES string of the molecule is CC1c2cc3c4c(C[n+]5ccncc5)c2OCOc2c1cc1c(c2C[n+]2ccncc2)OCOc2c(cc5c(c2C[n+]2ccncc2)OCOc2c(cc(c(c2C[n+]2ccncc2)OCO4)C3C)C5C)C1C. The van der Waals surface area contributed by atoms with Crippen molar-refractivity contribution >= 4 is 0 Å². The summed E-state index contributed by atoms with van der Waals surface area (Å²) in [5.74, 6) is 4.65. The molecule has 0 unspecified atom stereocenters. The molecule has 5 aliphatic rings. The van der Waals surface area contributed by atoms with Gasteiger partial charge < -0.3 is 37.9 Å². The zero-order valence-corrected chi connectivity index (χ0v) is 40.4. The highest BCUT2D eigenvalue weighted by Crippen LogP contribution is 2.56. The molecule has 16 heteroatoms. The Morgan fingerprint density at radius 1 is 0.306 bits per heavy atom. The molecule has 0 radical (unpaired) electrons. The molecule has 8 bridgehead atoms. The van der Waals surface area contributed by atoms with E-state index in [0.717, 1.165) is 66.8 Å². The first-order valence-electron chi connectivity index (χ1n) is 24.3. The fourth-order valence-corrected chi connectivity index (χ4v) is 11.3. The van der Waals surface area contributed by atoms with Crippen LogP contribution >= 0.6 is 0 Å². The molecule has 1 aliphatic carbocycles. The van der Waals surface area contributed by atoms with Crippen LogP contribution in [0.25, 0.3) is 0 Å². The van der Waals surface area contributed by atoms with Crippen LogP contribution in [-0.2, 0) is 26.2 Å². The van der Waals surface area contributed by atoms with Gasteiger partial charge in [-0.2, -0.15) is 18.3 Å². The van der Waals surface area contributed by atoms with E-state index in [9.17, 15) is 0 Å². The Morgan fingerprint density at radius 3 is 0.639 bits per heavy atom. The van der Waals surface area contributed by atoms with E-state index in [2.05, 4.69) is 90.2 Å². The third kappa shape index (κ3) is 7.34. The van der Waals surface area contributed by atoms with Gasteiger partial charge in [0.05, 0.1) is 49.6 Å². The lowest BCUT2D eigenvalue weighted by atomic mass is 9.78. The van der Waals surface area contributed by atoms with Gasteiger partial charge in [0.1, 0.15) is 68.2 Å². The fourth-order valence-electron chi connectivity index (χ4n) is 11.3. The average molecular weight is 965 g/mol. The smallest absolute Gasteiger partial charge is 0.230 e. The third-order valence-corrected chi connectivity index (χ3v) is 15.0. The van der Waals surface area contributed by atoms with Gasteiger partial charge in [0.15, 0.2) is 75.8 Å². The van der Waals surface area contributed by atoms with E-state index in [-0.39, 0.29) is 50.8 Å². The van der Waals surface area contributed by atoms with Gasteiger partial charge in [-0.3, -0.25) is 19.9 Å². The number of nitrogens with zero attached hydrogens (tertiary/aromatic N) is 8. The zero-order valence-electron chi connectivity index (χ0n) is 40.4. The van der Waals surface area contributed by atoms with Crippen LogP contribution in [0.2, 0.25) is 0 Å². The summed E-state index contributed by atoms with van der Waals surface area (Å²) in [7, 11) is 0. The minimum absolute atomic E-state index is 0.0711. The standard InChI is InChI=1S/C56H52N8O8/c1-33-37-21-39-34(2)41-23-43-36(4)44-24-42-35(3)40-22-38(33)50-46(26-62-15-7-58-8-16-62)52(40)68-31-70-54(42)48(28-64-19-11-60-12-20-64)56(44)72-32-71-55(43)47(27-63-17-9-59-10-18-63)53(41)69-30-67-51(39)45(49(37)65-29-66-50)25-61-13-5-57-6-14-61/h5-24,33-36H,25-32H2,1-4H3/q+4. The molecule has 8 aromatic rings. The Labute approximate surface area is 415 Å². The summed E-state index contributed by atoms with van der Waals surface area (Å²) in [5.41, 5.74) is 11.6. The summed E-state index contributed by atoms with van der Waals surface area (Å²) in [5, 5.41) is 0. The summed E-state index contributed by atoms with van der Waals surface area (Å²) in [6.45, 7) is 10.4. The van der Waals surface area contributed by atoms with Crippen molar-refractivity contribution in [3.8, 4) is 46.0 Å². The molecule has 0 amide bonds. The summed E-state index contributed by atoms with van der Waals surface area (Å²) >= 11 is 0. The molecule has 0 spiro atoms. The van der Waals surface area contributed by atoms with Crippen LogP contribution in [0.15, 0.2) is 123 Å². The summed E-state index contributed by atoms with van der Waals surface area (Å²) in [6, 6.07) is 9.17. The zero-order chi connectivity index (χ0) is 48.5. The van der Waals surface area contributed by atoms with Crippen molar-refractivity contribution in [1.29, 1.82) is 0 Å². The second kappa shape index (κ2) is 17.8. The highest BCUT2D eigenvalue weighted by Gasteiger charge is 2.41. The highest BCUT2D eigenvalue weighted by molar-refractivity contribution is 5.69. The molecule has 0 saturated heterocycles. The van der Waals surface area contributed by atoms with Crippen molar-refractivity contribution < 1.29 is 56.2 Å². The second-order valence-corrected chi connectivity index (χ2v) is 19.0. The summed E-state index contributed by atoms with van der Waals surface area (Å²) in [4.78, 5) is 17.3. The Bertz CT molecular complexity index is 2830. The number of benzene rings is 4. The van der Waals surface area contributed by atoms with Gasteiger partial charge in [-0.05, 0) is 24.3 Å². The molecule has 8 heterocycles. The summed E-state index contributed by atoms with van der Waals surface area (Å²) in [6.07, 6.45) is 29.9. The van der Waals surface area contributed by atoms with Gasteiger partial charge >= 0.3 is 0 Å². The topological polar surface area (TPSA) is 141 Å². The fraction of sp³-hybridized carbons (Fsp3) is 0.286. The minimum Gasteiger partial charge on any atom is -0.456 e. The van der Waals surface area contributed by atoms with Crippen molar-refractivity contribution in [1.82, 2.24) is 19.9 Å². The van der Waals surface area contributed by atoms with Gasteiger partial charge in [-0.1, -0.05) is 27.7 Å². The molecule has 4 aromatic heterocycles. The van der Waals surface area contributed by atoms with E-state index in [1.807, 2.05) is 49.6 Å². The Hall–Kier alpha value is -8.40. The molecule has 72 heavy (non-hydrogen) atoms. The van der Waals surface area contributed by atoms with Gasteiger partial charge in [0, 0.05) is 68.2 Å². The van der Waals surface area contributed by atoms with Crippen LogP contribution in [0.1, 0.15) is 118 Å². The molecule has 360 valence electrons. The van der Waals surface area contributed by atoms with E-state index < -0.39 is 0 Å². The third-order valence-electron chi connectivity index (χ3n) is 15.0. The first kappa shape index (κ1) is 43.6. The molecular weight excluding hydrogens is 913 g/mol. The average Bonchev–Trinajstić information content (AvgIpc) is 3.39. The number of ether oxygens (including phenoxy) is 8. The lowest BCUT2D eigenvalue weighted by Crippen LogP contribution is -2.36. The summed E-state index contributed by atoms with van der Waals surface area (Å²) < 4.78 is 63.6. The van der Waals surface area contributed by atoms with Crippen molar-refractivity contribution in [3.05, 3.63) is 190 Å². The number of rotatable bonds is 8. The minimum atomic E-state index is -0.247. The van der Waals surface area contributed by atoms with E-state index >= 15 is 0 Å². The molecule has 4 aromatic carbocycles. The van der Waals surface area contributed by atoms with Crippen LogP contribution in [0.5, 0.6) is 46.0 Å². The number of aromatic nitrogens is 8. The van der Waals surface area contributed by atoms with Gasteiger partial charge in [-0.25, -0.2) is 0 Å². The first-order valence-corrected chi connectivity index (χ1v) is 24.3. The highest BCUT2D eigenvalue weighted by atomic mass is 16.7. The lowest BCUT2D eigenvalue weighted by Gasteiger charge is -2.35. The molecular formula is C56H52N8O8+4. The van der Waals surface area contributed by atoms with E-state index in [1.54, 1.807) is 49.6 Å². The Balaban J connectivity index is 1.15. The van der Waals surface area contributed by atoms with Gasteiger partial charge in [0.2, 0.25) is 27.2 Å². The molecule has 16 nitrogen and oxygen atoms in total. The van der Waals surface area contributed by atoms with Crippen molar-refractivity contribution in [3.63, 3.8) is 0 Å². The van der Waals surface area contributed by atoms with E-state index in [4.69, 9.17) is 37.9 Å². The van der Waals surface area contributed by atoms with Gasteiger partial charge in [-0.15, -0.1) is 0 Å². The maximum absolute atomic E-state index is 6.90. The predicted molar refractivity (Wildman–Crippen MR) is 254 cm³/mol. The van der Waals surface area contributed by atoms with Crippen molar-refractivity contribution in [2.75, 3.05) is 27.2 Å². The quantitative estimate of drug-likeness (QED) is 0.155. The lowest BCUT2D eigenvalue weighted by molar-refractivity contribution is -0.689. The normalized spacial score (nSPS) is 18.6. The van der Waals surface area contributed by atoms with Crippen LogP contribution < -0.4 is 56.2 Å². The van der Waals surface area contributed by atoms with Crippen molar-refractivity contribution in [2.45, 2.75) is 77.5 Å². The second-order valence-electron chi connectivity index (χ2n) is 19.0. The monoisotopic (exact) mass is 964 g/mol. The number of hydrogen-bond acceptors (Lipinski definition) is 12. The molecule has 4 aliphatic heterocycles. The van der Waals surface area contributed by atoms with Crippen molar-refractivity contribution in [2.24, 2.45) is 0 Å².